The van der Waals surface area contributed by atoms with Gasteiger partial charge in [0.05, 0.1) is 6.54 Å². The lowest BCUT2D eigenvalue weighted by molar-refractivity contribution is -0.137. The third-order valence-electron chi connectivity index (χ3n) is 4.46. The maximum absolute atomic E-state index is 12.6. The van der Waals surface area contributed by atoms with E-state index < -0.39 is 6.10 Å². The molecule has 6 nitrogen and oxygen atoms in total. The summed E-state index contributed by atoms with van der Waals surface area (Å²) in [6.45, 7) is 5.96. The van der Waals surface area contributed by atoms with E-state index in [9.17, 15) is 4.79 Å². The molecule has 0 unspecified atom stereocenters. The molecule has 140 valence electrons. The molecule has 3 rings (SSSR count). The van der Waals surface area contributed by atoms with Gasteiger partial charge in [0, 0.05) is 12.6 Å². The van der Waals surface area contributed by atoms with Crippen molar-refractivity contribution < 1.29 is 14.1 Å². The van der Waals surface area contributed by atoms with Crippen molar-refractivity contribution in [2.75, 3.05) is 7.05 Å². The van der Waals surface area contributed by atoms with E-state index in [4.69, 9.17) is 9.26 Å². The van der Waals surface area contributed by atoms with Gasteiger partial charge >= 0.3 is 0 Å². The number of ether oxygens (including phenoxy) is 1. The number of likely N-dealkylation sites (N-methyl/N-ethyl adjacent to an activating group) is 1. The summed E-state index contributed by atoms with van der Waals surface area (Å²) in [6.07, 6.45) is -0.619. The van der Waals surface area contributed by atoms with E-state index in [1.54, 1.807) is 14.0 Å². The van der Waals surface area contributed by atoms with Gasteiger partial charge in [-0.25, -0.2) is 0 Å². The summed E-state index contributed by atoms with van der Waals surface area (Å²) in [6, 6.07) is 15.4. The zero-order chi connectivity index (χ0) is 19.4. The van der Waals surface area contributed by atoms with Gasteiger partial charge in [-0.3, -0.25) is 4.79 Å². The Kier molecular flexibility index (Phi) is 5.54. The Morgan fingerprint density at radius 3 is 2.63 bits per heavy atom. The number of carbonyl (C=O) groups is 1. The fraction of sp³-hybridized carbons (Fsp3) is 0.286. The minimum atomic E-state index is -0.619. The van der Waals surface area contributed by atoms with E-state index in [1.807, 2.05) is 62.4 Å². The molecule has 0 aliphatic heterocycles. The number of hydrogen-bond donors (Lipinski definition) is 0. The van der Waals surface area contributed by atoms with Crippen molar-refractivity contribution in [1.29, 1.82) is 0 Å². The molecule has 0 spiro atoms. The van der Waals surface area contributed by atoms with Crippen molar-refractivity contribution in [3.05, 3.63) is 65.5 Å². The molecule has 0 saturated carbocycles. The molecule has 0 radical (unpaired) electrons. The zero-order valence-electron chi connectivity index (χ0n) is 16.0. The predicted octanol–water partition coefficient (Wildman–Crippen LogP) is 3.78. The van der Waals surface area contributed by atoms with Gasteiger partial charge in [0.15, 0.2) is 6.10 Å². The second-order valence-corrected chi connectivity index (χ2v) is 6.53. The topological polar surface area (TPSA) is 68.5 Å². The largest absolute Gasteiger partial charge is 0.481 e. The highest BCUT2D eigenvalue weighted by Crippen LogP contribution is 2.22. The first-order valence-corrected chi connectivity index (χ1v) is 8.81. The first-order chi connectivity index (χ1) is 13.0. The lowest BCUT2D eigenvalue weighted by atomic mass is 10.1. The van der Waals surface area contributed by atoms with E-state index in [-0.39, 0.29) is 12.5 Å². The SMILES string of the molecule is Cc1cccc(O[C@H](C)C(=O)N(C)Cc2nc(-c3ccccc3)no2)c1C. The van der Waals surface area contributed by atoms with E-state index in [0.29, 0.717) is 17.5 Å². The Balaban J connectivity index is 1.63. The number of nitrogens with zero attached hydrogens (tertiary/aromatic N) is 3. The van der Waals surface area contributed by atoms with Crippen LogP contribution in [0.25, 0.3) is 11.4 Å². The number of aromatic nitrogens is 2. The molecule has 2 aromatic carbocycles. The first kappa shape index (κ1) is 18.6. The zero-order valence-corrected chi connectivity index (χ0v) is 16.0. The van der Waals surface area contributed by atoms with Crippen molar-refractivity contribution in [1.82, 2.24) is 15.0 Å². The van der Waals surface area contributed by atoms with E-state index >= 15 is 0 Å². The molecule has 0 N–H and O–H groups in total. The molecular weight excluding hydrogens is 342 g/mol. The van der Waals surface area contributed by atoms with Crippen LogP contribution in [0, 0.1) is 13.8 Å². The molecule has 0 saturated heterocycles. The number of aryl methyl sites for hydroxylation is 1. The van der Waals surface area contributed by atoms with Crippen molar-refractivity contribution in [3.63, 3.8) is 0 Å². The minimum absolute atomic E-state index is 0.157. The van der Waals surface area contributed by atoms with Gasteiger partial charge in [-0.1, -0.05) is 47.6 Å². The number of rotatable bonds is 6. The maximum atomic E-state index is 12.6. The van der Waals surface area contributed by atoms with Gasteiger partial charge in [0.25, 0.3) is 5.91 Å². The van der Waals surface area contributed by atoms with E-state index in [1.165, 1.54) is 4.90 Å². The summed E-state index contributed by atoms with van der Waals surface area (Å²) in [5, 5.41) is 3.98. The lowest BCUT2D eigenvalue weighted by Crippen LogP contribution is -2.37. The molecule has 0 fully saturated rings. The number of amides is 1. The summed E-state index contributed by atoms with van der Waals surface area (Å²) in [5.74, 6) is 1.44. The second-order valence-electron chi connectivity index (χ2n) is 6.53. The van der Waals surface area contributed by atoms with Crippen LogP contribution in [0.5, 0.6) is 5.75 Å². The van der Waals surface area contributed by atoms with Crippen LogP contribution in [0.3, 0.4) is 0 Å². The third-order valence-corrected chi connectivity index (χ3v) is 4.46. The van der Waals surface area contributed by atoms with Crippen LogP contribution in [0.4, 0.5) is 0 Å². The van der Waals surface area contributed by atoms with Crippen molar-refractivity contribution >= 4 is 5.91 Å². The Morgan fingerprint density at radius 1 is 1.15 bits per heavy atom. The maximum Gasteiger partial charge on any atom is 0.263 e. The molecule has 0 aliphatic carbocycles. The molecule has 27 heavy (non-hydrogen) atoms. The average Bonchev–Trinajstić information content (AvgIpc) is 3.14. The summed E-state index contributed by atoms with van der Waals surface area (Å²) in [4.78, 5) is 18.5. The Labute approximate surface area is 158 Å². The van der Waals surface area contributed by atoms with Gasteiger partial charge in [0.2, 0.25) is 11.7 Å². The highest BCUT2D eigenvalue weighted by Gasteiger charge is 2.22. The minimum Gasteiger partial charge on any atom is -0.481 e. The molecule has 1 aromatic heterocycles. The van der Waals surface area contributed by atoms with Gasteiger partial charge < -0.3 is 14.2 Å². The Morgan fingerprint density at radius 2 is 1.89 bits per heavy atom. The first-order valence-electron chi connectivity index (χ1n) is 8.81. The monoisotopic (exact) mass is 365 g/mol. The molecule has 1 heterocycles. The van der Waals surface area contributed by atoms with Crippen LogP contribution < -0.4 is 4.74 Å². The van der Waals surface area contributed by atoms with E-state index in [0.717, 1.165) is 16.7 Å². The highest BCUT2D eigenvalue weighted by molar-refractivity contribution is 5.80. The normalized spacial score (nSPS) is 11.9. The van der Waals surface area contributed by atoms with Crippen LogP contribution in [-0.2, 0) is 11.3 Å². The van der Waals surface area contributed by atoms with Crippen LogP contribution in [0.2, 0.25) is 0 Å². The summed E-state index contributed by atoms with van der Waals surface area (Å²) >= 11 is 0. The Bertz CT molecular complexity index is 921. The average molecular weight is 365 g/mol. The molecule has 0 aliphatic rings. The quantitative estimate of drug-likeness (QED) is 0.665. The van der Waals surface area contributed by atoms with Gasteiger partial charge in [-0.05, 0) is 38.0 Å². The third kappa shape index (κ3) is 4.34. The van der Waals surface area contributed by atoms with E-state index in [2.05, 4.69) is 10.1 Å². The number of hydrogen-bond acceptors (Lipinski definition) is 5. The highest BCUT2D eigenvalue weighted by atomic mass is 16.5. The molecule has 3 aromatic rings. The molecule has 0 bridgehead atoms. The van der Waals surface area contributed by atoms with Crippen LogP contribution in [0.15, 0.2) is 53.1 Å². The van der Waals surface area contributed by atoms with Crippen LogP contribution in [0.1, 0.15) is 23.9 Å². The molecule has 1 amide bonds. The van der Waals surface area contributed by atoms with Crippen LogP contribution in [-0.4, -0.2) is 34.1 Å². The standard InChI is InChI=1S/C21H23N3O3/c1-14-9-8-12-18(15(14)2)26-16(3)21(25)24(4)13-19-22-20(23-27-19)17-10-6-5-7-11-17/h5-12,16H,13H2,1-4H3/t16-/m1/s1. The van der Waals surface area contributed by atoms with Crippen LogP contribution >= 0.6 is 0 Å². The molecule has 1 atom stereocenters. The molecular formula is C21H23N3O3. The van der Waals surface area contributed by atoms with Gasteiger partial charge in [-0.2, -0.15) is 4.98 Å². The number of benzene rings is 2. The van der Waals surface area contributed by atoms with Gasteiger partial charge in [0.1, 0.15) is 5.75 Å². The summed E-state index contributed by atoms with van der Waals surface area (Å²) in [5.41, 5.74) is 3.03. The summed E-state index contributed by atoms with van der Waals surface area (Å²) < 4.78 is 11.1. The predicted molar refractivity (Wildman–Crippen MR) is 102 cm³/mol. The Hall–Kier alpha value is -3.15. The fourth-order valence-electron chi connectivity index (χ4n) is 2.71. The van der Waals surface area contributed by atoms with Crippen molar-refractivity contribution in [2.45, 2.75) is 33.4 Å². The number of carbonyl (C=O) groups excluding carboxylic acids is 1. The fourth-order valence-corrected chi connectivity index (χ4v) is 2.71. The van der Waals surface area contributed by atoms with Gasteiger partial charge in [-0.15, -0.1) is 0 Å². The smallest absolute Gasteiger partial charge is 0.263 e. The molecule has 6 heteroatoms. The van der Waals surface area contributed by atoms with Crippen molar-refractivity contribution in [3.8, 4) is 17.1 Å². The van der Waals surface area contributed by atoms with Crippen molar-refractivity contribution in [2.24, 2.45) is 0 Å². The second kappa shape index (κ2) is 8.03. The summed E-state index contributed by atoms with van der Waals surface area (Å²) in [7, 11) is 1.69. The lowest BCUT2D eigenvalue weighted by Gasteiger charge is -2.21.